The van der Waals surface area contributed by atoms with E-state index in [1.165, 1.54) is 0 Å². The van der Waals surface area contributed by atoms with Gasteiger partial charge in [0.2, 0.25) is 0 Å². The maximum Gasteiger partial charge on any atom is 0.306 e. The molecule has 1 unspecified atom stereocenters. The van der Waals surface area contributed by atoms with E-state index in [-0.39, 0.29) is 34.9 Å². The minimum Gasteiger partial charge on any atom is -0.508 e. The van der Waals surface area contributed by atoms with Crippen LogP contribution in [0.15, 0.2) is 29.1 Å². The molecule has 1 aliphatic heterocycles. The molecule has 1 atom stereocenters. The molecule has 36 heavy (non-hydrogen) atoms. The average molecular weight is 511 g/mol. The van der Waals surface area contributed by atoms with Crippen molar-refractivity contribution in [2.75, 3.05) is 0 Å². The molecule has 0 radical (unpaired) electrons. The van der Waals surface area contributed by atoms with E-state index in [0.29, 0.717) is 16.9 Å². The molecule has 1 aromatic carbocycles. The second kappa shape index (κ2) is 8.54. The van der Waals surface area contributed by atoms with Crippen molar-refractivity contribution < 1.29 is 25.2 Å². The SMILES string of the molecule is CCC(O)(CC(=O)O)c1cc2n(c(=O)c1CO)Cc1c-2nc2ccc(O)cc2c1[Si](C)(C)C(C)(C)C. The van der Waals surface area contributed by atoms with Crippen LogP contribution in [0.3, 0.4) is 0 Å². The lowest BCUT2D eigenvalue weighted by molar-refractivity contribution is -0.143. The summed E-state index contributed by atoms with van der Waals surface area (Å²) < 4.78 is 1.55. The summed E-state index contributed by atoms with van der Waals surface area (Å²) in [6, 6.07) is 6.71. The summed E-state index contributed by atoms with van der Waals surface area (Å²) in [6.45, 7) is 12.4. The van der Waals surface area contributed by atoms with E-state index in [0.717, 1.165) is 16.1 Å². The molecule has 8 nitrogen and oxygen atoms in total. The van der Waals surface area contributed by atoms with Crippen LogP contribution in [0, 0.1) is 0 Å². The fourth-order valence-electron chi connectivity index (χ4n) is 5.17. The highest BCUT2D eigenvalue weighted by Gasteiger charge is 2.43. The first kappa shape index (κ1) is 26.1. The lowest BCUT2D eigenvalue weighted by Gasteiger charge is -2.39. The zero-order valence-corrected chi connectivity index (χ0v) is 22.6. The van der Waals surface area contributed by atoms with Gasteiger partial charge in [0.25, 0.3) is 5.56 Å². The van der Waals surface area contributed by atoms with E-state index < -0.39 is 38.2 Å². The molecule has 1 aliphatic rings. The Bertz CT molecular complexity index is 1450. The molecule has 3 heterocycles. The zero-order valence-electron chi connectivity index (χ0n) is 21.6. The number of nitrogens with zero attached hydrogens (tertiary/aromatic N) is 2. The van der Waals surface area contributed by atoms with Gasteiger partial charge in [0.15, 0.2) is 0 Å². The number of aliphatic hydroxyl groups excluding tert-OH is 1. The predicted octanol–water partition coefficient (Wildman–Crippen LogP) is 3.41. The van der Waals surface area contributed by atoms with Crippen molar-refractivity contribution in [3.05, 3.63) is 51.3 Å². The molecule has 4 rings (SSSR count). The predicted molar refractivity (Wildman–Crippen MR) is 141 cm³/mol. The van der Waals surface area contributed by atoms with Crippen LogP contribution in [0.1, 0.15) is 57.2 Å². The second-order valence-corrected chi connectivity index (χ2v) is 16.6. The standard InChI is InChI=1S/C27H34N2O6Si/c1-7-27(35,12-22(32)33)19-11-21-23-17(13-29(21)25(34)18(19)14-30)24(36(5,6)26(2,3)4)16-10-15(31)8-9-20(16)28-23/h8-11,30-31,35H,7,12-14H2,1-6H3,(H,32,33). The van der Waals surface area contributed by atoms with Gasteiger partial charge in [0.1, 0.15) is 11.4 Å². The van der Waals surface area contributed by atoms with Gasteiger partial charge >= 0.3 is 5.97 Å². The highest BCUT2D eigenvalue weighted by molar-refractivity contribution is 6.94. The van der Waals surface area contributed by atoms with E-state index in [1.54, 1.807) is 35.8 Å². The number of carboxylic acids is 1. The van der Waals surface area contributed by atoms with Gasteiger partial charge in [0.05, 0.1) is 44.6 Å². The highest BCUT2D eigenvalue weighted by Crippen LogP contribution is 2.42. The van der Waals surface area contributed by atoms with Crippen LogP contribution in [0.5, 0.6) is 5.75 Å². The molecule has 192 valence electrons. The third kappa shape index (κ3) is 3.86. The number of aliphatic hydroxyl groups is 2. The smallest absolute Gasteiger partial charge is 0.306 e. The molecule has 0 fully saturated rings. The summed E-state index contributed by atoms with van der Waals surface area (Å²) in [5, 5.41) is 43.1. The Morgan fingerprint density at radius 1 is 1.19 bits per heavy atom. The first-order chi connectivity index (χ1) is 16.7. The van der Waals surface area contributed by atoms with Crippen molar-refractivity contribution in [1.82, 2.24) is 9.55 Å². The molecule has 0 bridgehead atoms. The number of pyridine rings is 2. The number of phenolic OH excluding ortho intramolecular Hbond substituents is 1. The number of aromatic nitrogens is 2. The van der Waals surface area contributed by atoms with Crippen LogP contribution in [-0.2, 0) is 23.5 Å². The van der Waals surface area contributed by atoms with Gasteiger partial charge in [-0.25, -0.2) is 4.98 Å². The van der Waals surface area contributed by atoms with Crippen molar-refractivity contribution >= 4 is 30.1 Å². The maximum absolute atomic E-state index is 13.6. The van der Waals surface area contributed by atoms with Gasteiger partial charge in [-0.3, -0.25) is 9.59 Å². The van der Waals surface area contributed by atoms with Crippen molar-refractivity contribution in [3.8, 4) is 17.1 Å². The number of hydrogen-bond donors (Lipinski definition) is 4. The van der Waals surface area contributed by atoms with E-state index in [1.807, 2.05) is 0 Å². The van der Waals surface area contributed by atoms with Crippen LogP contribution in [0.2, 0.25) is 18.1 Å². The van der Waals surface area contributed by atoms with Gasteiger partial charge in [-0.1, -0.05) is 40.8 Å². The monoisotopic (exact) mass is 510 g/mol. The molecule has 9 heteroatoms. The topological polar surface area (TPSA) is 133 Å². The summed E-state index contributed by atoms with van der Waals surface area (Å²) in [5.41, 5.74) is 0.542. The van der Waals surface area contributed by atoms with Crippen molar-refractivity contribution in [1.29, 1.82) is 0 Å². The lowest BCUT2D eigenvalue weighted by Crippen LogP contribution is -2.51. The van der Waals surface area contributed by atoms with Gasteiger partial charge in [-0.05, 0) is 52.0 Å². The Morgan fingerprint density at radius 3 is 2.42 bits per heavy atom. The Balaban J connectivity index is 2.12. The number of aliphatic carboxylic acids is 1. The number of aromatic hydroxyl groups is 1. The number of benzene rings is 1. The van der Waals surface area contributed by atoms with E-state index in [2.05, 4.69) is 33.9 Å². The molecular formula is C27H34N2O6Si. The first-order valence-corrected chi connectivity index (χ1v) is 15.1. The molecule has 0 saturated carbocycles. The molecule has 3 aromatic rings. The minimum absolute atomic E-state index is 0.00627. The molecule has 0 spiro atoms. The number of fused-ring (bicyclic) bond motifs is 4. The van der Waals surface area contributed by atoms with Gasteiger partial charge < -0.3 is 25.0 Å². The summed E-state index contributed by atoms with van der Waals surface area (Å²) in [4.78, 5) is 30.1. The Kier molecular flexibility index (Phi) is 6.18. The summed E-state index contributed by atoms with van der Waals surface area (Å²) >= 11 is 0. The second-order valence-electron chi connectivity index (χ2n) is 11.3. The van der Waals surface area contributed by atoms with E-state index >= 15 is 0 Å². The summed E-state index contributed by atoms with van der Waals surface area (Å²) in [6.07, 6.45) is -0.534. The normalized spacial score (nSPS) is 15.0. The Labute approximate surface area is 210 Å². The Morgan fingerprint density at radius 2 is 1.86 bits per heavy atom. The van der Waals surface area contributed by atoms with Gasteiger partial charge in [-0.2, -0.15) is 0 Å². The minimum atomic E-state index is -2.23. The molecule has 2 aromatic heterocycles. The highest BCUT2D eigenvalue weighted by atomic mass is 28.3. The van der Waals surface area contributed by atoms with Crippen molar-refractivity contribution in [3.63, 3.8) is 0 Å². The van der Waals surface area contributed by atoms with E-state index in [4.69, 9.17) is 4.98 Å². The summed E-state index contributed by atoms with van der Waals surface area (Å²) in [5.74, 6) is -1.06. The van der Waals surface area contributed by atoms with Gasteiger partial charge in [-0.15, -0.1) is 0 Å². The number of carbonyl (C=O) groups is 1. The number of phenols is 1. The van der Waals surface area contributed by atoms with Crippen molar-refractivity contribution in [2.45, 2.75) is 77.4 Å². The number of carboxylic acid groups (broad SMARTS) is 1. The average Bonchev–Trinajstić information content (AvgIpc) is 3.14. The zero-order chi connectivity index (χ0) is 26.8. The van der Waals surface area contributed by atoms with Crippen molar-refractivity contribution in [2.24, 2.45) is 0 Å². The third-order valence-corrected chi connectivity index (χ3v) is 13.8. The fraction of sp³-hybridized carbons (Fsp3) is 0.444. The quantitative estimate of drug-likeness (QED) is 0.292. The van der Waals surface area contributed by atoms with E-state index in [9.17, 15) is 30.0 Å². The third-order valence-electron chi connectivity index (χ3n) is 8.22. The fourth-order valence-corrected chi connectivity index (χ4v) is 7.75. The number of hydrogen-bond acceptors (Lipinski definition) is 6. The maximum atomic E-state index is 13.6. The van der Waals surface area contributed by atoms with Crippen LogP contribution >= 0.6 is 0 Å². The lowest BCUT2D eigenvalue weighted by atomic mass is 9.85. The Hall–Kier alpha value is -3.01. The van der Waals surface area contributed by atoms with Crippen LogP contribution < -0.4 is 10.7 Å². The largest absolute Gasteiger partial charge is 0.508 e. The molecular weight excluding hydrogens is 476 g/mol. The first-order valence-electron chi connectivity index (χ1n) is 12.1. The van der Waals surface area contributed by atoms with Crippen LogP contribution in [-0.4, -0.2) is 44.0 Å². The molecule has 0 saturated heterocycles. The van der Waals surface area contributed by atoms with Crippen LogP contribution in [0.25, 0.3) is 22.3 Å². The number of rotatable bonds is 6. The summed E-state index contributed by atoms with van der Waals surface area (Å²) in [7, 11) is -2.23. The van der Waals surface area contributed by atoms with Crippen LogP contribution in [0.4, 0.5) is 0 Å². The molecule has 4 N–H and O–H groups in total. The molecule has 0 aliphatic carbocycles. The molecule has 0 amide bonds. The van der Waals surface area contributed by atoms with Gasteiger partial charge in [0, 0.05) is 10.9 Å².